The third-order valence-electron chi connectivity index (χ3n) is 12.0. The second-order valence-electron chi connectivity index (χ2n) is 17.0. The summed E-state index contributed by atoms with van der Waals surface area (Å²) < 4.78 is 102. The van der Waals surface area contributed by atoms with E-state index in [1.165, 1.54) is 12.1 Å². The summed E-state index contributed by atoms with van der Waals surface area (Å²) >= 11 is 0. The lowest BCUT2D eigenvalue weighted by Gasteiger charge is -2.21. The van der Waals surface area contributed by atoms with Crippen molar-refractivity contribution in [2.75, 3.05) is 14.8 Å². The Morgan fingerprint density at radius 3 is 1.68 bits per heavy atom. The van der Waals surface area contributed by atoms with Gasteiger partial charge in [0.25, 0.3) is 30.2 Å². The Balaban J connectivity index is 1.25. The van der Waals surface area contributed by atoms with E-state index in [-0.39, 0.29) is 38.1 Å². The Bertz CT molecular complexity index is 4020. The van der Waals surface area contributed by atoms with Gasteiger partial charge in [-0.15, -0.1) is 0 Å². The molecule has 21 heteroatoms. The summed E-state index contributed by atoms with van der Waals surface area (Å²) in [5.74, 6) is -4.00. The van der Waals surface area contributed by atoms with Crippen LogP contribution in [0.4, 0.5) is 28.4 Å². The maximum absolute atomic E-state index is 13.6. The molecule has 0 aromatic heterocycles. The van der Waals surface area contributed by atoms with Crippen molar-refractivity contribution in [1.29, 1.82) is 0 Å². The molecule has 0 radical (unpaired) electrons. The first kappa shape index (κ1) is 50.2. The summed E-state index contributed by atoms with van der Waals surface area (Å²) in [5.41, 5.74) is 5.16. The molecule has 0 saturated heterocycles. The molecule has 0 saturated carbocycles. The average Bonchev–Trinajstić information content (AvgIpc) is 3.30. The number of nitrogens with zero attached hydrogens (tertiary/aromatic N) is 1. The van der Waals surface area contributed by atoms with E-state index in [1.807, 2.05) is 6.92 Å². The van der Waals surface area contributed by atoms with Crippen molar-refractivity contribution in [1.82, 2.24) is 0 Å². The number of benzene rings is 7. The fraction of sp³-hybridized carbons (Fsp3) is 0.118. The first-order chi connectivity index (χ1) is 33.7. The van der Waals surface area contributed by atoms with E-state index in [4.69, 9.17) is 9.41 Å². The van der Waals surface area contributed by atoms with Gasteiger partial charge in [-0.2, -0.15) is 8.42 Å². The van der Waals surface area contributed by atoms with Gasteiger partial charge in [-0.25, -0.2) is 31.4 Å². The van der Waals surface area contributed by atoms with Gasteiger partial charge in [0, 0.05) is 45.6 Å². The molecule has 6 aromatic carbocycles. The Hall–Kier alpha value is -8.24. The predicted octanol–water partition coefficient (Wildman–Crippen LogP) is 9.69. The van der Waals surface area contributed by atoms with Crippen LogP contribution in [-0.4, -0.2) is 62.2 Å². The number of aromatic carboxylic acids is 2. The summed E-state index contributed by atoms with van der Waals surface area (Å²) in [4.78, 5) is 27.1. The third kappa shape index (κ3) is 9.52. The molecule has 1 aliphatic carbocycles. The minimum atomic E-state index is -4.76. The third-order valence-corrected chi connectivity index (χ3v) is 15.6. The lowest BCUT2D eigenvalue weighted by molar-refractivity contribution is 0.0682. The molecule has 18 nitrogen and oxygen atoms in total. The quantitative estimate of drug-likeness (QED) is 0.0394. The number of aryl methyl sites for hydroxylation is 4. The van der Waals surface area contributed by atoms with E-state index in [0.29, 0.717) is 66.7 Å². The molecule has 0 atom stereocenters. The number of anilines is 4. The van der Waals surface area contributed by atoms with Crippen LogP contribution in [0.25, 0.3) is 33.4 Å². The van der Waals surface area contributed by atoms with Crippen LogP contribution in [0, 0.1) is 41.5 Å². The lowest BCUT2D eigenvalue weighted by atomic mass is 9.93. The predicted molar refractivity (Wildman–Crippen MR) is 270 cm³/mol. The maximum atomic E-state index is 13.6. The van der Waals surface area contributed by atoms with E-state index in [2.05, 4.69) is 14.8 Å². The van der Waals surface area contributed by atoms with Gasteiger partial charge in [-0.1, -0.05) is 30.3 Å². The summed E-state index contributed by atoms with van der Waals surface area (Å²) in [6.45, 7) is 10.4. The monoisotopic (exact) mass is 1030 g/mol. The molecule has 0 fully saturated rings. The van der Waals surface area contributed by atoms with Gasteiger partial charge in [-0.3, -0.25) is 14.0 Å². The second kappa shape index (κ2) is 18.5. The molecule has 370 valence electrons. The van der Waals surface area contributed by atoms with Gasteiger partial charge >= 0.3 is 11.9 Å². The zero-order valence-corrected chi connectivity index (χ0v) is 41.4. The van der Waals surface area contributed by atoms with Crippen LogP contribution < -0.4 is 20.1 Å². The Morgan fingerprint density at radius 1 is 0.569 bits per heavy atom. The summed E-state index contributed by atoms with van der Waals surface area (Å²) in [7, 11) is -13.5. The number of aromatic hydroxyl groups is 2. The van der Waals surface area contributed by atoms with Crippen molar-refractivity contribution in [3.05, 3.63) is 159 Å². The maximum Gasteiger partial charge on any atom is 0.339 e. The van der Waals surface area contributed by atoms with Crippen LogP contribution in [0.1, 0.15) is 54.1 Å². The fourth-order valence-electron chi connectivity index (χ4n) is 8.62. The highest BCUT2D eigenvalue weighted by Gasteiger charge is 2.27. The number of hydrogen-bond donors (Lipinski definition) is 8. The zero-order valence-electron chi connectivity index (χ0n) is 39.0. The lowest BCUT2D eigenvalue weighted by Crippen LogP contribution is -2.16. The fourth-order valence-corrected chi connectivity index (χ4v) is 11.8. The van der Waals surface area contributed by atoms with Crippen LogP contribution in [0.3, 0.4) is 0 Å². The van der Waals surface area contributed by atoms with Gasteiger partial charge in [0.1, 0.15) is 38.9 Å². The molecule has 8 rings (SSSR count). The molecule has 0 amide bonds. The number of hydrogen-bond acceptors (Lipinski definition) is 13. The first-order valence-corrected chi connectivity index (χ1v) is 26.0. The van der Waals surface area contributed by atoms with E-state index >= 15 is 0 Å². The van der Waals surface area contributed by atoms with Crippen LogP contribution >= 0.6 is 0 Å². The molecule has 2 aliphatic rings. The van der Waals surface area contributed by atoms with Gasteiger partial charge in [0.2, 0.25) is 0 Å². The molecule has 1 aliphatic heterocycles. The second-order valence-corrected chi connectivity index (χ2v) is 21.8. The number of fused-ring (bicyclic) bond motifs is 2. The average molecular weight is 1030 g/mol. The van der Waals surface area contributed by atoms with Crippen LogP contribution in [0.5, 0.6) is 11.5 Å². The van der Waals surface area contributed by atoms with Crippen molar-refractivity contribution in [2.45, 2.75) is 56.2 Å². The number of phenols is 2. The Morgan fingerprint density at radius 2 is 1.11 bits per heavy atom. The van der Waals surface area contributed by atoms with Crippen molar-refractivity contribution in [2.24, 2.45) is 4.99 Å². The van der Waals surface area contributed by atoms with Crippen molar-refractivity contribution in [3.63, 3.8) is 0 Å². The van der Waals surface area contributed by atoms with Gasteiger partial charge in [-0.05, 0) is 142 Å². The number of sulfonamides is 2. The Labute approximate surface area is 412 Å². The van der Waals surface area contributed by atoms with Gasteiger partial charge < -0.3 is 30.2 Å². The van der Waals surface area contributed by atoms with E-state index < -0.39 is 69.6 Å². The Kier molecular flexibility index (Phi) is 12.9. The summed E-state index contributed by atoms with van der Waals surface area (Å²) in [6, 6.07) is 25.2. The van der Waals surface area contributed by atoms with Crippen molar-refractivity contribution in [3.8, 4) is 33.9 Å². The molecular weight excluding hydrogens is 989 g/mol. The SMILES string of the molecule is Cc1cc(C)c(NS(=O)(=O)c2ccc(O)c(C(=O)O)c2)c(C)c1/N=c1/ccc2c(-c3ccccc3S(=O)(=O)O)c3ccc(Nc4c(C)cc(C)c(NS(=O)(=O)c5ccc(O)c(C(=O)O)c5)c4C)cc3oc-2c1. The number of carboxylic acids is 2. The van der Waals surface area contributed by atoms with Gasteiger partial charge in [0.15, 0.2) is 0 Å². The highest BCUT2D eigenvalue weighted by Crippen LogP contribution is 2.44. The van der Waals surface area contributed by atoms with Crippen molar-refractivity contribution < 1.29 is 64.2 Å². The van der Waals surface area contributed by atoms with Crippen LogP contribution in [0.2, 0.25) is 0 Å². The standard InChI is InChI=1S/C51H44N4O14S3/c1-25-19-27(3)48(54-70(62,63)33-13-17-40(56)38(23-33)50(58)59)29(5)46(25)52-31-11-15-35-42(21-31)69-43-22-32(12-16-36(43)45(35)37-9-7-8-10-44(37)72(66,67)68)53-47-26(2)20-28(4)49(30(47)6)55-71(64,65)34-14-18-41(57)39(24-34)51(60)61/h7-24,52,54-57H,1-6H3,(H,58,59)(H,60,61)(H,66,67,68)/b53-32-. The highest BCUT2D eigenvalue weighted by atomic mass is 32.2. The highest BCUT2D eigenvalue weighted by molar-refractivity contribution is 7.93. The molecule has 0 bridgehead atoms. The molecular formula is C51H44N4O14S3. The van der Waals surface area contributed by atoms with Crippen molar-refractivity contribution >= 4 is 81.5 Å². The smallest absolute Gasteiger partial charge is 0.339 e. The van der Waals surface area contributed by atoms with E-state index in [1.54, 1.807) is 95.3 Å². The largest absolute Gasteiger partial charge is 0.507 e. The molecule has 8 N–H and O–H groups in total. The zero-order chi connectivity index (χ0) is 52.4. The summed E-state index contributed by atoms with van der Waals surface area (Å²) in [6.07, 6.45) is 0. The van der Waals surface area contributed by atoms with Crippen LogP contribution in [-0.2, 0) is 30.2 Å². The first-order valence-electron chi connectivity index (χ1n) is 21.5. The molecule has 0 unspecified atom stereocenters. The molecule has 0 spiro atoms. The number of carbonyl (C=O) groups is 2. The summed E-state index contributed by atoms with van der Waals surface area (Å²) in [5, 5.41) is 43.1. The minimum absolute atomic E-state index is 0.161. The van der Waals surface area contributed by atoms with Crippen LogP contribution in [0.15, 0.2) is 133 Å². The number of nitrogens with one attached hydrogen (secondary N) is 3. The number of rotatable bonds is 13. The molecule has 6 aromatic rings. The van der Waals surface area contributed by atoms with Gasteiger partial charge in [0.05, 0.1) is 32.2 Å². The topological polar surface area (TPSA) is 299 Å². The molecule has 72 heavy (non-hydrogen) atoms. The number of carboxylic acid groups (broad SMARTS) is 2. The van der Waals surface area contributed by atoms with E-state index in [0.717, 1.165) is 42.0 Å². The minimum Gasteiger partial charge on any atom is -0.507 e. The van der Waals surface area contributed by atoms with E-state index in [9.17, 15) is 59.8 Å². The normalized spacial score (nSPS) is 12.3. The molecule has 1 heterocycles.